The van der Waals surface area contributed by atoms with Gasteiger partial charge in [0.1, 0.15) is 23.0 Å². The fourth-order valence-electron chi connectivity index (χ4n) is 5.84. The molecule has 1 saturated heterocycles. The van der Waals surface area contributed by atoms with Gasteiger partial charge in [-0.2, -0.15) is 0 Å². The Morgan fingerprint density at radius 2 is 1.13 bits per heavy atom. The Morgan fingerprint density at radius 1 is 0.717 bits per heavy atom. The first-order chi connectivity index (χ1) is 24.1. The van der Waals surface area contributed by atoms with Crippen LogP contribution >= 0.6 is 12.2 Å². The van der Waals surface area contributed by atoms with Gasteiger partial charge in [-0.15, -0.1) is 0 Å². The molecule has 1 N–H and O–H groups in total. The number of benzene rings is 2. The number of rotatable bonds is 11. The Kier molecular flexibility index (Phi) is 12.8. The molecular weight excluding hydrogens is 729 g/mol. The van der Waals surface area contributed by atoms with Crippen LogP contribution in [0.2, 0.25) is 54.4 Å². The van der Waals surface area contributed by atoms with E-state index in [4.69, 9.17) is 30.2 Å². The lowest BCUT2D eigenvalue weighted by atomic mass is 9.86. The van der Waals surface area contributed by atoms with Gasteiger partial charge < -0.3 is 18.0 Å². The zero-order chi connectivity index (χ0) is 40.1. The van der Waals surface area contributed by atoms with Crippen LogP contribution in [0.15, 0.2) is 59.5 Å². The van der Waals surface area contributed by atoms with E-state index in [-0.39, 0.29) is 26.7 Å². The predicted octanol–water partition coefficient (Wildman–Crippen LogP) is 11.4. The van der Waals surface area contributed by atoms with E-state index in [1.807, 2.05) is 6.20 Å². The normalized spacial score (nSPS) is 20.7. The van der Waals surface area contributed by atoms with Crippen LogP contribution in [0.3, 0.4) is 0 Å². The molecule has 4 atom stereocenters. The minimum Gasteiger partial charge on any atom is -0.414 e. The summed E-state index contributed by atoms with van der Waals surface area (Å²) >= 11 is 5.98. The van der Waals surface area contributed by atoms with Crippen LogP contribution in [0, 0.1) is 18.5 Å². The highest BCUT2D eigenvalue weighted by molar-refractivity contribution is 7.71. The Morgan fingerprint density at radius 3 is 1.55 bits per heavy atom. The molecule has 0 bridgehead atoms. The summed E-state index contributed by atoms with van der Waals surface area (Å²) in [7, 11) is -6.96. The molecule has 294 valence electrons. The lowest BCUT2D eigenvalue weighted by Crippen LogP contribution is -2.54. The number of hydrogen-bond acceptors (Lipinski definition) is 6. The van der Waals surface area contributed by atoms with E-state index in [9.17, 15) is 4.79 Å². The maximum absolute atomic E-state index is 14.2. The zero-order valence-electron chi connectivity index (χ0n) is 35.7. The molecule has 53 heavy (non-hydrogen) atoms. The van der Waals surface area contributed by atoms with Gasteiger partial charge in [0.25, 0.3) is 0 Å². The minimum atomic E-state index is -2.43. The van der Waals surface area contributed by atoms with Gasteiger partial charge in [-0.1, -0.05) is 134 Å². The molecule has 0 radical (unpaired) electrons. The third-order valence-electron chi connectivity index (χ3n) is 12.6. The first-order valence-corrected chi connectivity index (χ1v) is 28.3. The van der Waals surface area contributed by atoms with Crippen LogP contribution < -0.4 is 5.69 Å². The fraction of sp³-hybridized carbons (Fsp3) is 0.619. The molecule has 3 aromatic rings. The molecule has 1 aromatic heterocycles. The number of aryl methyl sites for hydroxylation is 2. The van der Waals surface area contributed by atoms with Crippen LogP contribution in [-0.2, 0) is 18.0 Å². The highest BCUT2D eigenvalue weighted by atomic mass is 32.1. The smallest absolute Gasteiger partial charge is 0.328 e. The second-order valence-corrected chi connectivity index (χ2v) is 34.6. The van der Waals surface area contributed by atoms with Gasteiger partial charge in [0.15, 0.2) is 31.2 Å². The summed E-state index contributed by atoms with van der Waals surface area (Å²) in [5.74, 6) is -0.218. The van der Waals surface area contributed by atoms with E-state index in [0.29, 0.717) is 11.2 Å². The number of nitrogens with one attached hydrogen (secondary N) is 1. The molecule has 7 nitrogen and oxygen atoms in total. The summed E-state index contributed by atoms with van der Waals surface area (Å²) in [6.07, 6.45) is -0.338. The van der Waals surface area contributed by atoms with Crippen molar-refractivity contribution in [2.24, 2.45) is 0 Å². The molecule has 4 rings (SSSR count). The van der Waals surface area contributed by atoms with Gasteiger partial charge in [0, 0.05) is 17.7 Å². The molecular formula is C42H68N2O5SSi3. The molecule has 0 spiro atoms. The van der Waals surface area contributed by atoms with Crippen molar-refractivity contribution in [1.29, 1.82) is 0 Å². The summed E-state index contributed by atoms with van der Waals surface area (Å²) in [5.41, 5.74) is 5.02. The second kappa shape index (κ2) is 15.5. The molecule has 0 aliphatic carbocycles. The number of nitrogens with zero attached hydrogens (tertiary/aromatic N) is 1. The lowest BCUT2D eigenvalue weighted by molar-refractivity contribution is -0.0511. The Labute approximate surface area is 328 Å². The summed E-state index contributed by atoms with van der Waals surface area (Å²) in [6, 6.07) is 17.1. The summed E-state index contributed by atoms with van der Waals surface area (Å²) in [6.45, 7) is 38.3. The van der Waals surface area contributed by atoms with Crippen LogP contribution in [0.1, 0.15) is 102 Å². The highest BCUT2D eigenvalue weighted by Gasteiger charge is 2.55. The quantitative estimate of drug-likeness (QED) is 0.154. The average Bonchev–Trinajstić information content (AvgIpc) is 3.32. The number of hydrogen-bond donors (Lipinski definition) is 1. The molecule has 1 aliphatic rings. The van der Waals surface area contributed by atoms with E-state index < -0.39 is 49.5 Å². The van der Waals surface area contributed by atoms with Crippen molar-refractivity contribution >= 4 is 37.2 Å². The van der Waals surface area contributed by atoms with Crippen molar-refractivity contribution in [3.63, 3.8) is 0 Å². The standard InChI is InChI=1S/C42H68N2O5SSi3/c1-28-18-22-30(23-19-28)34(31-24-20-29(2)21-25-31)32-26-44(39(45)43-37(32)50)38-36(49-53(16,17)42(9,10)11)35(48-52(14,15)41(6,7)8)33(47-38)27-46-51(12,13)40(3,4)5/h18-26,33-36,38H,27H2,1-17H3,(H,43,45,50)/t33-,35-,36-,38-/m1/s1. The average molecular weight is 797 g/mol. The predicted molar refractivity (Wildman–Crippen MR) is 230 cm³/mol. The van der Waals surface area contributed by atoms with Crippen LogP contribution in [0.25, 0.3) is 0 Å². The summed E-state index contributed by atoms with van der Waals surface area (Å²) in [4.78, 5) is 17.3. The fourth-order valence-corrected chi connectivity index (χ4v) is 9.72. The largest absolute Gasteiger partial charge is 0.414 e. The Bertz CT molecular complexity index is 1790. The van der Waals surface area contributed by atoms with Crippen molar-refractivity contribution in [2.45, 2.75) is 161 Å². The van der Waals surface area contributed by atoms with E-state index in [0.717, 1.165) is 16.7 Å². The summed E-state index contributed by atoms with van der Waals surface area (Å²) in [5, 5.41) is -0.142. The molecule has 0 amide bonds. The lowest BCUT2D eigenvalue weighted by Gasteiger charge is -2.44. The van der Waals surface area contributed by atoms with E-state index in [2.05, 4.69) is 169 Å². The van der Waals surface area contributed by atoms with Gasteiger partial charge in [0.05, 0.1) is 6.61 Å². The number of aromatic nitrogens is 2. The van der Waals surface area contributed by atoms with Crippen molar-refractivity contribution in [3.8, 4) is 0 Å². The van der Waals surface area contributed by atoms with E-state index in [1.165, 1.54) is 11.1 Å². The highest BCUT2D eigenvalue weighted by Crippen LogP contribution is 2.46. The number of aromatic amines is 1. The zero-order valence-corrected chi connectivity index (χ0v) is 39.5. The van der Waals surface area contributed by atoms with Gasteiger partial charge in [0.2, 0.25) is 0 Å². The van der Waals surface area contributed by atoms with Gasteiger partial charge in [-0.05, 0) is 79.4 Å². The first-order valence-electron chi connectivity index (χ1n) is 19.2. The minimum absolute atomic E-state index is 0.0128. The summed E-state index contributed by atoms with van der Waals surface area (Å²) < 4.78 is 30.8. The van der Waals surface area contributed by atoms with Crippen molar-refractivity contribution in [1.82, 2.24) is 9.55 Å². The third-order valence-corrected chi connectivity index (χ3v) is 26.4. The number of H-pyrrole nitrogens is 1. The van der Waals surface area contributed by atoms with Crippen LogP contribution in [-0.4, -0.2) is 59.4 Å². The second-order valence-electron chi connectivity index (χ2n) is 19.8. The molecule has 0 saturated carbocycles. The molecule has 1 fully saturated rings. The van der Waals surface area contributed by atoms with Gasteiger partial charge in [-0.3, -0.25) is 9.55 Å². The Hall–Kier alpha value is -1.97. The van der Waals surface area contributed by atoms with E-state index >= 15 is 0 Å². The van der Waals surface area contributed by atoms with Gasteiger partial charge in [-0.25, -0.2) is 4.79 Å². The third kappa shape index (κ3) is 9.71. The van der Waals surface area contributed by atoms with Crippen LogP contribution in [0.5, 0.6) is 0 Å². The van der Waals surface area contributed by atoms with Crippen LogP contribution in [0.4, 0.5) is 0 Å². The molecule has 1 aliphatic heterocycles. The number of ether oxygens (including phenoxy) is 1. The van der Waals surface area contributed by atoms with E-state index in [1.54, 1.807) is 4.57 Å². The maximum atomic E-state index is 14.2. The van der Waals surface area contributed by atoms with Gasteiger partial charge >= 0.3 is 5.69 Å². The van der Waals surface area contributed by atoms with Crippen molar-refractivity contribution in [3.05, 3.63) is 97.7 Å². The van der Waals surface area contributed by atoms with Crippen molar-refractivity contribution < 1.29 is 18.0 Å². The maximum Gasteiger partial charge on any atom is 0.328 e. The molecule has 2 heterocycles. The molecule has 0 unspecified atom stereocenters. The monoisotopic (exact) mass is 796 g/mol. The first kappa shape index (κ1) is 43.8. The van der Waals surface area contributed by atoms with Crippen molar-refractivity contribution in [2.75, 3.05) is 6.61 Å². The topological polar surface area (TPSA) is 74.7 Å². The molecule has 2 aromatic carbocycles. The SMILES string of the molecule is Cc1ccc(C(c2ccc(C)cc2)c2cn([C@@H]3O[C@H](CO[Si](C)(C)C(C)(C)C)[C@@H](O[Si](C)(C)C(C)(C)C)[C@H]3O[Si](C)(C)C(C)(C)C)c(=O)[nH]c2=S)cc1. The molecule has 11 heteroatoms. The Balaban J connectivity index is 1.96.